The molecule has 0 saturated heterocycles. The van der Waals surface area contributed by atoms with Gasteiger partial charge in [0.25, 0.3) is 5.91 Å². The van der Waals surface area contributed by atoms with E-state index in [1.54, 1.807) is 28.0 Å². The van der Waals surface area contributed by atoms with E-state index in [1.165, 1.54) is 6.42 Å². The molecule has 2 amide bonds. The van der Waals surface area contributed by atoms with Gasteiger partial charge >= 0.3 is 0 Å². The summed E-state index contributed by atoms with van der Waals surface area (Å²) in [6.45, 7) is 1.96. The summed E-state index contributed by atoms with van der Waals surface area (Å²) in [5.74, 6) is 0.599. The number of hydrogen-bond donors (Lipinski definition) is 1. The minimum atomic E-state index is -0.928. The van der Waals surface area contributed by atoms with Gasteiger partial charge in [-0.15, -0.1) is 5.10 Å². The Labute approximate surface area is 209 Å². The van der Waals surface area contributed by atoms with Crippen molar-refractivity contribution < 1.29 is 14.0 Å². The highest BCUT2D eigenvalue weighted by Gasteiger charge is 2.35. The lowest BCUT2D eigenvalue weighted by molar-refractivity contribution is -0.143. The lowest BCUT2D eigenvalue weighted by atomic mass is 9.95. The standard InChI is InChI=1S/C27H30N6O3/c1-19-13-14-24(36-19)26(27(35)29-21-9-3-2-4-10-21)32(17-20-8-7-15-28-16-20)25(34)18-33-23-12-6-5-11-22(23)30-31-33/h5-8,11-16,21,26H,2-4,9-10,17-18H2,1H3,(H,29,35). The SMILES string of the molecule is Cc1ccc(C(C(=O)NC2CCCCC2)N(Cc2cccnc2)C(=O)Cn2nnc3ccccc32)o1. The van der Waals surface area contributed by atoms with E-state index in [2.05, 4.69) is 20.6 Å². The highest BCUT2D eigenvalue weighted by Crippen LogP contribution is 2.27. The van der Waals surface area contributed by atoms with Gasteiger partial charge in [-0.2, -0.15) is 0 Å². The van der Waals surface area contributed by atoms with Gasteiger partial charge in [0.1, 0.15) is 23.6 Å². The Bertz CT molecular complexity index is 1330. The summed E-state index contributed by atoms with van der Waals surface area (Å²) in [7, 11) is 0. The third-order valence-corrected chi connectivity index (χ3v) is 6.64. The zero-order valence-corrected chi connectivity index (χ0v) is 20.3. The maximum Gasteiger partial charge on any atom is 0.250 e. The maximum atomic E-state index is 13.9. The van der Waals surface area contributed by atoms with Crippen LogP contribution in [0.2, 0.25) is 0 Å². The summed E-state index contributed by atoms with van der Waals surface area (Å²) >= 11 is 0. The summed E-state index contributed by atoms with van der Waals surface area (Å²) in [6, 6.07) is 13.9. The smallest absolute Gasteiger partial charge is 0.250 e. The molecule has 1 fully saturated rings. The van der Waals surface area contributed by atoms with Gasteiger partial charge in [0.15, 0.2) is 6.04 Å². The summed E-state index contributed by atoms with van der Waals surface area (Å²) in [5.41, 5.74) is 2.27. The molecule has 9 nitrogen and oxygen atoms in total. The van der Waals surface area contributed by atoms with Crippen molar-refractivity contribution in [3.05, 3.63) is 78.0 Å². The van der Waals surface area contributed by atoms with Crippen molar-refractivity contribution in [1.29, 1.82) is 0 Å². The van der Waals surface area contributed by atoms with Crippen molar-refractivity contribution in [3.63, 3.8) is 0 Å². The van der Waals surface area contributed by atoms with E-state index in [0.717, 1.165) is 36.8 Å². The van der Waals surface area contributed by atoms with E-state index in [0.29, 0.717) is 17.0 Å². The first-order valence-corrected chi connectivity index (χ1v) is 12.4. The van der Waals surface area contributed by atoms with Gasteiger partial charge in [0.05, 0.1) is 5.52 Å². The van der Waals surface area contributed by atoms with Gasteiger partial charge in [-0.1, -0.05) is 42.7 Å². The van der Waals surface area contributed by atoms with Crippen molar-refractivity contribution >= 4 is 22.8 Å². The van der Waals surface area contributed by atoms with Crippen molar-refractivity contribution in [1.82, 2.24) is 30.2 Å². The van der Waals surface area contributed by atoms with E-state index in [4.69, 9.17) is 4.42 Å². The third kappa shape index (κ3) is 5.30. The van der Waals surface area contributed by atoms with E-state index < -0.39 is 6.04 Å². The highest BCUT2D eigenvalue weighted by atomic mass is 16.3. The number of para-hydroxylation sites is 1. The predicted octanol–water partition coefficient (Wildman–Crippen LogP) is 3.95. The van der Waals surface area contributed by atoms with E-state index in [9.17, 15) is 9.59 Å². The van der Waals surface area contributed by atoms with Crippen LogP contribution >= 0.6 is 0 Å². The van der Waals surface area contributed by atoms with Gasteiger partial charge in [-0.3, -0.25) is 14.6 Å². The van der Waals surface area contributed by atoms with Gasteiger partial charge in [-0.05, 0) is 55.7 Å². The average molecular weight is 487 g/mol. The number of nitrogens with one attached hydrogen (secondary N) is 1. The lowest BCUT2D eigenvalue weighted by Crippen LogP contribution is -2.47. The molecule has 186 valence electrons. The fourth-order valence-electron chi connectivity index (χ4n) is 4.82. The number of fused-ring (bicyclic) bond motifs is 1. The topological polar surface area (TPSA) is 106 Å². The molecule has 1 saturated carbocycles. The van der Waals surface area contributed by atoms with Gasteiger partial charge in [0, 0.05) is 25.0 Å². The first-order chi connectivity index (χ1) is 17.6. The van der Waals surface area contributed by atoms with Crippen LogP contribution in [0, 0.1) is 6.92 Å². The minimum Gasteiger partial charge on any atom is -0.464 e. The number of rotatable bonds is 8. The molecule has 5 rings (SSSR count). The van der Waals surface area contributed by atoms with Crippen LogP contribution in [0.3, 0.4) is 0 Å². The molecule has 36 heavy (non-hydrogen) atoms. The third-order valence-electron chi connectivity index (χ3n) is 6.64. The van der Waals surface area contributed by atoms with Crippen LogP contribution in [0.25, 0.3) is 11.0 Å². The second-order valence-electron chi connectivity index (χ2n) is 9.31. The Hall–Kier alpha value is -4.01. The van der Waals surface area contributed by atoms with Crippen molar-refractivity contribution in [3.8, 4) is 0 Å². The number of benzene rings is 1. The first kappa shape index (κ1) is 23.7. The molecule has 0 bridgehead atoms. The predicted molar refractivity (Wildman–Crippen MR) is 134 cm³/mol. The molecule has 1 atom stereocenters. The van der Waals surface area contributed by atoms with E-state index in [-0.39, 0.29) is 30.9 Å². The zero-order valence-electron chi connectivity index (χ0n) is 20.3. The number of furan rings is 1. The largest absolute Gasteiger partial charge is 0.464 e. The molecule has 1 aromatic carbocycles. The van der Waals surface area contributed by atoms with Crippen molar-refractivity contribution in [2.75, 3.05) is 0 Å². The Morgan fingerprint density at radius 1 is 1.11 bits per heavy atom. The minimum absolute atomic E-state index is 0.0618. The van der Waals surface area contributed by atoms with Crippen LogP contribution in [0.5, 0.6) is 0 Å². The van der Waals surface area contributed by atoms with Gasteiger partial charge in [0.2, 0.25) is 5.91 Å². The normalized spacial score (nSPS) is 15.0. The molecule has 1 aliphatic rings. The Kier molecular flexibility index (Phi) is 7.06. The number of hydrogen-bond acceptors (Lipinski definition) is 6. The number of carbonyl (C=O) groups is 2. The van der Waals surface area contributed by atoms with Crippen molar-refractivity contribution in [2.45, 2.75) is 64.2 Å². The summed E-state index contributed by atoms with van der Waals surface area (Å²) in [6.07, 6.45) is 8.63. The quantitative estimate of drug-likeness (QED) is 0.404. The number of aromatic nitrogens is 4. The Balaban J connectivity index is 1.49. The van der Waals surface area contributed by atoms with Crippen LogP contribution in [-0.4, -0.2) is 42.7 Å². The van der Waals surface area contributed by atoms with Crippen LogP contribution in [0.1, 0.15) is 55.2 Å². The van der Waals surface area contributed by atoms with Gasteiger partial charge < -0.3 is 14.6 Å². The number of carbonyl (C=O) groups excluding carboxylic acids is 2. The fraction of sp³-hybridized carbons (Fsp3) is 0.370. The van der Waals surface area contributed by atoms with E-state index >= 15 is 0 Å². The molecule has 3 aromatic heterocycles. The number of aryl methyl sites for hydroxylation is 1. The molecular formula is C27H30N6O3. The summed E-state index contributed by atoms with van der Waals surface area (Å²) < 4.78 is 7.49. The second kappa shape index (κ2) is 10.7. The molecule has 9 heteroatoms. The fourth-order valence-corrected chi connectivity index (χ4v) is 4.82. The molecule has 1 unspecified atom stereocenters. The number of nitrogens with zero attached hydrogens (tertiary/aromatic N) is 5. The molecule has 0 radical (unpaired) electrons. The number of amides is 2. The molecule has 3 heterocycles. The molecule has 0 spiro atoms. The molecule has 1 N–H and O–H groups in total. The van der Waals surface area contributed by atoms with Crippen LogP contribution < -0.4 is 5.32 Å². The molecular weight excluding hydrogens is 456 g/mol. The highest BCUT2D eigenvalue weighted by molar-refractivity contribution is 5.89. The first-order valence-electron chi connectivity index (χ1n) is 12.4. The average Bonchev–Trinajstić information content (AvgIpc) is 3.51. The number of pyridine rings is 1. The lowest BCUT2D eigenvalue weighted by Gasteiger charge is -2.32. The molecule has 1 aliphatic carbocycles. The Morgan fingerprint density at radius 2 is 1.94 bits per heavy atom. The zero-order chi connectivity index (χ0) is 24.9. The van der Waals surface area contributed by atoms with E-state index in [1.807, 2.05) is 49.4 Å². The Morgan fingerprint density at radius 3 is 2.69 bits per heavy atom. The summed E-state index contributed by atoms with van der Waals surface area (Å²) in [5, 5.41) is 11.5. The van der Waals surface area contributed by atoms with Gasteiger partial charge in [-0.25, -0.2) is 4.68 Å². The summed E-state index contributed by atoms with van der Waals surface area (Å²) in [4.78, 5) is 33.4. The van der Waals surface area contributed by atoms with Crippen LogP contribution in [0.15, 0.2) is 65.3 Å². The van der Waals surface area contributed by atoms with Crippen molar-refractivity contribution in [2.24, 2.45) is 0 Å². The maximum absolute atomic E-state index is 13.9. The molecule has 4 aromatic rings. The van der Waals surface area contributed by atoms with Crippen LogP contribution in [0.4, 0.5) is 0 Å². The van der Waals surface area contributed by atoms with Crippen LogP contribution in [-0.2, 0) is 22.7 Å². The second-order valence-corrected chi connectivity index (χ2v) is 9.31. The monoisotopic (exact) mass is 486 g/mol. The molecule has 0 aliphatic heterocycles.